The Hall–Kier alpha value is 0.540. The van der Waals surface area contributed by atoms with E-state index >= 15 is 0 Å². The van der Waals surface area contributed by atoms with Gasteiger partial charge in [0.25, 0.3) is 0 Å². The molecule has 11 heavy (non-hydrogen) atoms. The lowest BCUT2D eigenvalue weighted by atomic mass is 10.1. The van der Waals surface area contributed by atoms with Crippen LogP contribution in [-0.2, 0) is 4.74 Å². The van der Waals surface area contributed by atoms with Crippen LogP contribution in [0.2, 0.25) is 0 Å². The summed E-state index contributed by atoms with van der Waals surface area (Å²) in [6.07, 6.45) is 3.22. The van der Waals surface area contributed by atoms with Crippen molar-refractivity contribution in [3.8, 4) is 0 Å². The molecule has 1 fully saturated rings. The van der Waals surface area contributed by atoms with Crippen LogP contribution in [0.3, 0.4) is 0 Å². The predicted octanol–water partition coefficient (Wildman–Crippen LogP) is 3.14. The lowest BCUT2D eigenvalue weighted by molar-refractivity contribution is -0.0167. The van der Waals surface area contributed by atoms with Gasteiger partial charge in [-0.25, -0.2) is 0 Å². The van der Waals surface area contributed by atoms with E-state index in [1.165, 1.54) is 0 Å². The average Bonchev–Trinajstić information content (AvgIpc) is 2.08. The van der Waals surface area contributed by atoms with E-state index in [0.717, 1.165) is 19.3 Å². The zero-order valence-electron chi connectivity index (χ0n) is 6.94. The molecule has 0 aromatic rings. The third kappa shape index (κ3) is 3.18. The number of hydrogen-bond donors (Lipinski definition) is 0. The minimum Gasteiger partial charge on any atom is -0.372 e. The second kappa shape index (κ2) is 3.51. The molecule has 1 unspecified atom stereocenters. The molecule has 0 bridgehead atoms. The molecule has 3 heteroatoms. The van der Waals surface area contributed by atoms with Gasteiger partial charge in [0.05, 0.1) is 11.7 Å². The summed E-state index contributed by atoms with van der Waals surface area (Å²) in [6, 6.07) is 0. The fourth-order valence-electron chi connectivity index (χ4n) is 1.44. The number of halogens is 2. The highest BCUT2D eigenvalue weighted by molar-refractivity contribution is 6.44. The van der Waals surface area contributed by atoms with Gasteiger partial charge < -0.3 is 4.74 Å². The third-order valence-electron chi connectivity index (χ3n) is 2.00. The minimum absolute atomic E-state index is 0.0351. The lowest BCUT2D eigenvalue weighted by Crippen LogP contribution is -2.20. The molecule has 1 atom stereocenters. The van der Waals surface area contributed by atoms with Gasteiger partial charge in [-0.2, -0.15) is 0 Å². The van der Waals surface area contributed by atoms with Crippen LogP contribution in [-0.4, -0.2) is 16.5 Å². The van der Waals surface area contributed by atoms with E-state index in [0.29, 0.717) is 0 Å². The van der Waals surface area contributed by atoms with Crippen molar-refractivity contribution in [3.63, 3.8) is 0 Å². The predicted molar refractivity (Wildman–Crippen MR) is 48.3 cm³/mol. The third-order valence-corrected chi connectivity index (χ3v) is 2.35. The highest BCUT2D eigenvalue weighted by atomic mass is 35.5. The summed E-state index contributed by atoms with van der Waals surface area (Å²) in [5.74, 6) is 0. The first kappa shape index (κ1) is 9.63. The van der Waals surface area contributed by atoms with Crippen molar-refractivity contribution >= 4 is 23.2 Å². The van der Waals surface area contributed by atoms with Crippen molar-refractivity contribution in [2.24, 2.45) is 0 Å². The Labute approximate surface area is 78.0 Å². The number of rotatable bonds is 2. The zero-order valence-corrected chi connectivity index (χ0v) is 8.45. The molecule has 0 saturated carbocycles. The molecule has 1 rings (SSSR count). The molecule has 0 radical (unpaired) electrons. The molecule has 1 aliphatic rings. The molecule has 66 valence electrons. The summed E-state index contributed by atoms with van der Waals surface area (Å²) in [5, 5.41) is 0. The number of ether oxygens (including phenoxy) is 1. The Balaban J connectivity index is 2.31. The smallest absolute Gasteiger partial charge is 0.110 e. The topological polar surface area (TPSA) is 9.23 Å². The van der Waals surface area contributed by atoms with E-state index in [9.17, 15) is 0 Å². The molecule has 0 N–H and O–H groups in total. The van der Waals surface area contributed by atoms with Gasteiger partial charge in [0.2, 0.25) is 0 Å². The van der Waals surface area contributed by atoms with Crippen LogP contribution in [0.4, 0.5) is 0 Å². The highest BCUT2D eigenvalue weighted by Gasteiger charge is 2.32. The largest absolute Gasteiger partial charge is 0.372 e. The fourth-order valence-corrected chi connectivity index (χ4v) is 1.84. The Bertz CT molecular complexity index is 134. The van der Waals surface area contributed by atoms with Crippen LogP contribution in [0.15, 0.2) is 0 Å². The van der Waals surface area contributed by atoms with Gasteiger partial charge >= 0.3 is 0 Å². The van der Waals surface area contributed by atoms with Gasteiger partial charge in [-0.3, -0.25) is 0 Å². The summed E-state index contributed by atoms with van der Waals surface area (Å²) in [5.41, 5.74) is 0.0351. The van der Waals surface area contributed by atoms with E-state index in [-0.39, 0.29) is 16.5 Å². The second-order valence-corrected chi connectivity index (χ2v) is 4.94. The molecule has 0 aromatic heterocycles. The Morgan fingerprint density at radius 2 is 2.18 bits per heavy atom. The van der Waals surface area contributed by atoms with E-state index in [4.69, 9.17) is 27.9 Å². The second-order valence-electron chi connectivity index (χ2n) is 3.67. The van der Waals surface area contributed by atoms with E-state index in [1.807, 2.05) is 0 Å². The highest BCUT2D eigenvalue weighted by Crippen LogP contribution is 2.32. The van der Waals surface area contributed by atoms with Crippen molar-refractivity contribution in [1.82, 2.24) is 0 Å². The molecule has 1 nitrogen and oxygen atoms in total. The van der Waals surface area contributed by atoms with Crippen molar-refractivity contribution in [3.05, 3.63) is 0 Å². The Morgan fingerprint density at radius 1 is 1.55 bits per heavy atom. The van der Waals surface area contributed by atoms with Crippen molar-refractivity contribution in [1.29, 1.82) is 0 Å². The molecule has 1 heterocycles. The summed E-state index contributed by atoms with van der Waals surface area (Å²) in [7, 11) is 0. The first-order valence-electron chi connectivity index (χ1n) is 3.95. The summed E-state index contributed by atoms with van der Waals surface area (Å²) >= 11 is 11.3. The summed E-state index contributed by atoms with van der Waals surface area (Å²) in [6.45, 7) is 4.20. The monoisotopic (exact) mass is 196 g/mol. The fraction of sp³-hybridized carbons (Fsp3) is 1.00. The van der Waals surface area contributed by atoms with Crippen molar-refractivity contribution in [2.75, 3.05) is 0 Å². The molecule has 0 aliphatic carbocycles. The molecule has 1 aliphatic heterocycles. The summed E-state index contributed by atoms with van der Waals surface area (Å²) in [4.78, 5) is -0.283. The average molecular weight is 197 g/mol. The zero-order chi connectivity index (χ0) is 8.48. The molecule has 0 aromatic carbocycles. The van der Waals surface area contributed by atoms with Crippen LogP contribution in [0.1, 0.15) is 33.1 Å². The van der Waals surface area contributed by atoms with Crippen LogP contribution in [0.5, 0.6) is 0 Å². The Kier molecular flexibility index (Phi) is 3.07. The van der Waals surface area contributed by atoms with Crippen LogP contribution in [0, 0.1) is 0 Å². The van der Waals surface area contributed by atoms with Crippen molar-refractivity contribution in [2.45, 2.75) is 49.7 Å². The first-order chi connectivity index (χ1) is 4.99. The maximum absolute atomic E-state index is 5.69. The van der Waals surface area contributed by atoms with Crippen LogP contribution >= 0.6 is 23.2 Å². The van der Waals surface area contributed by atoms with Gasteiger partial charge in [0.1, 0.15) is 4.84 Å². The molecule has 1 saturated heterocycles. The quantitative estimate of drug-likeness (QED) is 0.618. The van der Waals surface area contributed by atoms with Gasteiger partial charge in [0.15, 0.2) is 0 Å². The van der Waals surface area contributed by atoms with Gasteiger partial charge in [-0.05, 0) is 26.7 Å². The van der Waals surface area contributed by atoms with Gasteiger partial charge in [0, 0.05) is 6.42 Å². The van der Waals surface area contributed by atoms with Crippen LogP contribution in [0.25, 0.3) is 0 Å². The maximum Gasteiger partial charge on any atom is 0.110 e. The van der Waals surface area contributed by atoms with E-state index in [1.54, 1.807) is 0 Å². The number of hydrogen-bond acceptors (Lipinski definition) is 1. The molecular formula is C8H14Cl2O. The normalized spacial score (nSPS) is 29.7. The van der Waals surface area contributed by atoms with Crippen molar-refractivity contribution < 1.29 is 4.74 Å². The maximum atomic E-state index is 5.69. The first-order valence-corrected chi connectivity index (χ1v) is 4.83. The lowest BCUT2D eigenvalue weighted by Gasteiger charge is -2.19. The Morgan fingerprint density at radius 3 is 2.55 bits per heavy atom. The van der Waals surface area contributed by atoms with E-state index in [2.05, 4.69) is 13.8 Å². The van der Waals surface area contributed by atoms with Gasteiger partial charge in [-0.1, -0.05) is 0 Å². The van der Waals surface area contributed by atoms with Gasteiger partial charge in [-0.15, -0.1) is 23.2 Å². The minimum atomic E-state index is -0.283. The SMILES string of the molecule is CC1(C)CCC(CC(Cl)Cl)O1. The van der Waals surface area contributed by atoms with Crippen LogP contribution < -0.4 is 0 Å². The number of alkyl halides is 2. The molecule has 0 amide bonds. The molecule has 0 spiro atoms. The standard InChI is InChI=1S/C8H14Cl2O/c1-8(2)4-3-6(11-8)5-7(9)10/h6-7H,3-5H2,1-2H3. The summed E-state index contributed by atoms with van der Waals surface area (Å²) < 4.78 is 5.69. The molecular weight excluding hydrogens is 183 g/mol. The van der Waals surface area contributed by atoms with E-state index < -0.39 is 0 Å².